The first-order chi connectivity index (χ1) is 11.2. The fraction of sp³-hybridized carbons (Fsp3) is 0.368. The van der Waals surface area contributed by atoms with E-state index in [1.807, 2.05) is 38.1 Å². The number of fused-ring (bicyclic) bond motifs is 1. The van der Waals surface area contributed by atoms with Gasteiger partial charge in [-0.3, -0.25) is 0 Å². The molecule has 23 heavy (non-hydrogen) atoms. The SMILES string of the molecule is CCOc1ccc([C@@H](C)c2cc3c(cc2OCC)OCO3)cc1. The molecule has 1 aliphatic heterocycles. The van der Waals surface area contributed by atoms with Crippen LogP contribution in [0.15, 0.2) is 36.4 Å². The van der Waals surface area contributed by atoms with E-state index in [2.05, 4.69) is 19.1 Å². The minimum absolute atomic E-state index is 0.182. The summed E-state index contributed by atoms with van der Waals surface area (Å²) in [4.78, 5) is 0. The molecule has 0 radical (unpaired) electrons. The quantitative estimate of drug-likeness (QED) is 0.793. The maximum absolute atomic E-state index is 5.81. The monoisotopic (exact) mass is 314 g/mol. The van der Waals surface area contributed by atoms with Crippen molar-refractivity contribution in [3.63, 3.8) is 0 Å². The standard InChI is InChI=1S/C19H22O4/c1-4-20-15-8-6-14(7-9-15)13(3)16-10-18-19(23-12-22-18)11-17(16)21-5-2/h6-11,13H,4-5,12H2,1-3H3/t13-/m1/s1. The van der Waals surface area contributed by atoms with Gasteiger partial charge in [-0.25, -0.2) is 0 Å². The van der Waals surface area contributed by atoms with Crippen molar-refractivity contribution in [3.8, 4) is 23.0 Å². The summed E-state index contributed by atoms with van der Waals surface area (Å²) in [5, 5.41) is 0. The molecule has 0 bridgehead atoms. The zero-order chi connectivity index (χ0) is 16.2. The summed E-state index contributed by atoms with van der Waals surface area (Å²) in [5.41, 5.74) is 2.30. The summed E-state index contributed by atoms with van der Waals surface area (Å²) < 4.78 is 22.3. The molecular weight excluding hydrogens is 292 g/mol. The Balaban J connectivity index is 1.92. The van der Waals surface area contributed by atoms with Crippen molar-refractivity contribution in [2.75, 3.05) is 20.0 Å². The summed E-state index contributed by atoms with van der Waals surface area (Å²) in [5.74, 6) is 3.44. The van der Waals surface area contributed by atoms with Crippen molar-refractivity contribution < 1.29 is 18.9 Å². The number of hydrogen-bond donors (Lipinski definition) is 0. The Morgan fingerprint density at radius 1 is 0.957 bits per heavy atom. The highest BCUT2D eigenvalue weighted by molar-refractivity contribution is 5.54. The van der Waals surface area contributed by atoms with Gasteiger partial charge in [0.05, 0.1) is 13.2 Å². The van der Waals surface area contributed by atoms with Crippen LogP contribution >= 0.6 is 0 Å². The van der Waals surface area contributed by atoms with Gasteiger partial charge in [-0.1, -0.05) is 19.1 Å². The number of ether oxygens (including phenoxy) is 4. The van der Waals surface area contributed by atoms with Crippen LogP contribution in [0.2, 0.25) is 0 Å². The van der Waals surface area contributed by atoms with Crippen LogP contribution in [-0.4, -0.2) is 20.0 Å². The molecule has 2 aromatic rings. The Bertz CT molecular complexity index is 664. The van der Waals surface area contributed by atoms with E-state index in [0.29, 0.717) is 13.2 Å². The average molecular weight is 314 g/mol. The predicted octanol–water partition coefficient (Wildman–Crippen LogP) is 4.36. The van der Waals surface area contributed by atoms with Gasteiger partial charge in [-0.15, -0.1) is 0 Å². The Hall–Kier alpha value is -2.36. The highest BCUT2D eigenvalue weighted by atomic mass is 16.7. The Kier molecular flexibility index (Phi) is 4.60. The van der Waals surface area contributed by atoms with E-state index < -0.39 is 0 Å². The molecular formula is C19H22O4. The maximum Gasteiger partial charge on any atom is 0.231 e. The fourth-order valence-electron chi connectivity index (χ4n) is 2.76. The van der Waals surface area contributed by atoms with Crippen molar-refractivity contribution in [3.05, 3.63) is 47.5 Å². The maximum atomic E-state index is 5.81. The van der Waals surface area contributed by atoms with E-state index in [9.17, 15) is 0 Å². The third-order valence-electron chi connectivity index (χ3n) is 3.96. The van der Waals surface area contributed by atoms with Gasteiger partial charge in [-0.2, -0.15) is 0 Å². The molecule has 0 aromatic heterocycles. The third-order valence-corrected chi connectivity index (χ3v) is 3.96. The first kappa shape index (κ1) is 15.5. The van der Waals surface area contributed by atoms with Gasteiger partial charge in [-0.05, 0) is 37.6 Å². The van der Waals surface area contributed by atoms with Gasteiger partial charge in [0.25, 0.3) is 0 Å². The molecule has 0 aliphatic carbocycles. The van der Waals surface area contributed by atoms with E-state index in [4.69, 9.17) is 18.9 Å². The molecule has 1 heterocycles. The topological polar surface area (TPSA) is 36.9 Å². The summed E-state index contributed by atoms with van der Waals surface area (Å²) in [6.45, 7) is 7.68. The number of hydrogen-bond acceptors (Lipinski definition) is 4. The molecule has 0 saturated carbocycles. The zero-order valence-corrected chi connectivity index (χ0v) is 13.8. The molecule has 2 aromatic carbocycles. The minimum Gasteiger partial charge on any atom is -0.494 e. The molecule has 1 aliphatic rings. The summed E-state index contributed by atoms with van der Waals surface area (Å²) in [6, 6.07) is 12.1. The highest BCUT2D eigenvalue weighted by Gasteiger charge is 2.22. The summed E-state index contributed by atoms with van der Waals surface area (Å²) in [6.07, 6.45) is 0. The van der Waals surface area contributed by atoms with Crippen molar-refractivity contribution in [1.29, 1.82) is 0 Å². The Morgan fingerprint density at radius 2 is 1.61 bits per heavy atom. The third kappa shape index (κ3) is 3.21. The van der Waals surface area contributed by atoms with E-state index >= 15 is 0 Å². The predicted molar refractivity (Wildman–Crippen MR) is 88.9 cm³/mol. The fourth-order valence-corrected chi connectivity index (χ4v) is 2.76. The number of benzene rings is 2. The van der Waals surface area contributed by atoms with Crippen LogP contribution in [-0.2, 0) is 0 Å². The molecule has 0 amide bonds. The summed E-state index contributed by atoms with van der Waals surface area (Å²) in [7, 11) is 0. The van der Waals surface area contributed by atoms with Crippen LogP contribution in [0.4, 0.5) is 0 Å². The second kappa shape index (κ2) is 6.82. The molecule has 0 N–H and O–H groups in total. The van der Waals surface area contributed by atoms with Crippen LogP contribution in [0.5, 0.6) is 23.0 Å². The zero-order valence-electron chi connectivity index (χ0n) is 13.8. The molecule has 0 spiro atoms. The molecule has 4 heteroatoms. The van der Waals surface area contributed by atoms with Crippen LogP contribution in [0, 0.1) is 0 Å². The van der Waals surface area contributed by atoms with Gasteiger partial charge in [0.1, 0.15) is 11.5 Å². The lowest BCUT2D eigenvalue weighted by Gasteiger charge is -2.18. The van der Waals surface area contributed by atoms with Crippen LogP contribution in [0.3, 0.4) is 0 Å². The second-order valence-corrected chi connectivity index (χ2v) is 5.40. The van der Waals surface area contributed by atoms with Crippen LogP contribution in [0.25, 0.3) is 0 Å². The summed E-state index contributed by atoms with van der Waals surface area (Å²) >= 11 is 0. The van der Waals surface area contributed by atoms with E-state index in [0.717, 1.165) is 28.6 Å². The second-order valence-electron chi connectivity index (χ2n) is 5.40. The Labute approximate surface area is 136 Å². The number of rotatable bonds is 6. The largest absolute Gasteiger partial charge is 0.494 e. The van der Waals surface area contributed by atoms with Crippen molar-refractivity contribution in [1.82, 2.24) is 0 Å². The van der Waals surface area contributed by atoms with Gasteiger partial charge in [0.2, 0.25) is 6.79 Å². The van der Waals surface area contributed by atoms with E-state index in [1.54, 1.807) is 0 Å². The van der Waals surface area contributed by atoms with E-state index in [1.165, 1.54) is 5.56 Å². The molecule has 0 fully saturated rings. The minimum atomic E-state index is 0.182. The van der Waals surface area contributed by atoms with Crippen LogP contribution in [0.1, 0.15) is 37.8 Å². The smallest absolute Gasteiger partial charge is 0.231 e. The van der Waals surface area contributed by atoms with Crippen molar-refractivity contribution >= 4 is 0 Å². The molecule has 4 nitrogen and oxygen atoms in total. The average Bonchev–Trinajstić information content (AvgIpc) is 3.02. The van der Waals surface area contributed by atoms with Gasteiger partial charge in [0.15, 0.2) is 11.5 Å². The lowest BCUT2D eigenvalue weighted by atomic mass is 9.92. The van der Waals surface area contributed by atoms with Crippen molar-refractivity contribution in [2.45, 2.75) is 26.7 Å². The van der Waals surface area contributed by atoms with Crippen molar-refractivity contribution in [2.24, 2.45) is 0 Å². The van der Waals surface area contributed by atoms with Gasteiger partial charge in [0, 0.05) is 17.5 Å². The van der Waals surface area contributed by atoms with Gasteiger partial charge >= 0.3 is 0 Å². The van der Waals surface area contributed by atoms with Crippen LogP contribution < -0.4 is 18.9 Å². The lowest BCUT2D eigenvalue weighted by Crippen LogP contribution is -2.02. The molecule has 0 unspecified atom stereocenters. The lowest BCUT2D eigenvalue weighted by molar-refractivity contribution is 0.173. The van der Waals surface area contributed by atoms with Gasteiger partial charge < -0.3 is 18.9 Å². The molecule has 0 saturated heterocycles. The Morgan fingerprint density at radius 3 is 2.26 bits per heavy atom. The van der Waals surface area contributed by atoms with E-state index in [-0.39, 0.29) is 12.7 Å². The normalized spacial score (nSPS) is 13.7. The molecule has 1 atom stereocenters. The molecule has 3 rings (SSSR count). The molecule has 122 valence electrons. The first-order valence-corrected chi connectivity index (χ1v) is 8.02. The first-order valence-electron chi connectivity index (χ1n) is 8.02. The highest BCUT2D eigenvalue weighted by Crippen LogP contribution is 2.42.